The zero-order valence-corrected chi connectivity index (χ0v) is 16.3. The number of benzene rings is 2. The van der Waals surface area contributed by atoms with Crippen molar-refractivity contribution in [1.29, 1.82) is 0 Å². The Bertz CT molecular complexity index is 768. The van der Waals surface area contributed by atoms with Crippen molar-refractivity contribution in [2.75, 3.05) is 11.9 Å². The van der Waals surface area contributed by atoms with Crippen LogP contribution in [0.1, 0.15) is 62.8 Å². The van der Waals surface area contributed by atoms with Gasteiger partial charge in [0.15, 0.2) is 0 Å². The number of rotatable bonds is 2. The molecule has 0 fully saturated rings. The molecule has 0 amide bonds. The fourth-order valence-electron chi connectivity index (χ4n) is 4.14. The van der Waals surface area contributed by atoms with E-state index in [9.17, 15) is 0 Å². The summed E-state index contributed by atoms with van der Waals surface area (Å²) in [7, 11) is 2.19. The molecule has 0 unspecified atom stereocenters. The molecule has 0 N–H and O–H groups in total. The topological polar surface area (TPSA) is 3.24 Å². The highest BCUT2D eigenvalue weighted by molar-refractivity contribution is 5.70. The molecule has 1 aliphatic rings. The Morgan fingerprint density at radius 2 is 1.29 bits per heavy atom. The largest absolute Gasteiger partial charge is 0.344 e. The van der Waals surface area contributed by atoms with Gasteiger partial charge in [-0.05, 0) is 71.9 Å². The maximum absolute atomic E-state index is 2.46. The van der Waals surface area contributed by atoms with Crippen LogP contribution in [0.15, 0.2) is 36.4 Å². The van der Waals surface area contributed by atoms with Crippen LogP contribution in [0, 0.1) is 13.8 Å². The second-order valence-corrected chi connectivity index (χ2v) is 8.80. The summed E-state index contributed by atoms with van der Waals surface area (Å²) in [6.07, 6.45) is 2.52. The number of aryl methyl sites for hydroxylation is 2. The van der Waals surface area contributed by atoms with Crippen LogP contribution in [0.4, 0.5) is 11.4 Å². The number of anilines is 2. The Morgan fingerprint density at radius 3 is 1.88 bits per heavy atom. The normalized spacial score (nSPS) is 18.1. The molecule has 2 aromatic rings. The van der Waals surface area contributed by atoms with Gasteiger partial charge in [-0.3, -0.25) is 0 Å². The van der Waals surface area contributed by atoms with Crippen LogP contribution in [0.5, 0.6) is 0 Å². The Balaban J connectivity index is 2.16. The van der Waals surface area contributed by atoms with Gasteiger partial charge in [0.25, 0.3) is 0 Å². The number of para-hydroxylation sites is 1. The molecule has 2 aromatic carbocycles. The SMILES string of the molecule is Cc1ccccc1N(C)c1cc2c(cc1C)C(C)(C)CCC2(C)C. The fraction of sp³-hybridized carbons (Fsp3) is 0.478. The van der Waals surface area contributed by atoms with Crippen molar-refractivity contribution in [3.63, 3.8) is 0 Å². The van der Waals surface area contributed by atoms with Crippen molar-refractivity contribution < 1.29 is 0 Å². The fourth-order valence-corrected chi connectivity index (χ4v) is 4.14. The molecule has 0 saturated heterocycles. The van der Waals surface area contributed by atoms with Crippen LogP contribution in [-0.2, 0) is 10.8 Å². The maximum atomic E-state index is 2.46. The molecule has 0 aliphatic heterocycles. The summed E-state index contributed by atoms with van der Waals surface area (Å²) in [5.41, 5.74) is 8.89. The van der Waals surface area contributed by atoms with E-state index in [1.54, 1.807) is 0 Å². The van der Waals surface area contributed by atoms with E-state index in [1.807, 2.05) is 0 Å². The summed E-state index contributed by atoms with van der Waals surface area (Å²) in [6, 6.07) is 13.5. The van der Waals surface area contributed by atoms with Crippen molar-refractivity contribution in [3.05, 3.63) is 58.7 Å². The van der Waals surface area contributed by atoms with E-state index in [0.717, 1.165) is 0 Å². The summed E-state index contributed by atoms with van der Waals surface area (Å²) < 4.78 is 0. The van der Waals surface area contributed by atoms with E-state index in [-0.39, 0.29) is 10.8 Å². The van der Waals surface area contributed by atoms with Gasteiger partial charge >= 0.3 is 0 Å². The molecule has 1 heteroatoms. The predicted molar refractivity (Wildman–Crippen MR) is 106 cm³/mol. The predicted octanol–water partition coefficient (Wildman–Crippen LogP) is 6.42. The smallest absolute Gasteiger partial charge is 0.0441 e. The van der Waals surface area contributed by atoms with Gasteiger partial charge in [0.1, 0.15) is 0 Å². The third-order valence-electron chi connectivity index (χ3n) is 6.01. The molecule has 128 valence electrons. The average molecular weight is 322 g/mol. The molecular formula is C23H31N. The van der Waals surface area contributed by atoms with Crippen LogP contribution in [0.25, 0.3) is 0 Å². The number of hydrogen-bond donors (Lipinski definition) is 0. The van der Waals surface area contributed by atoms with Crippen molar-refractivity contribution in [3.8, 4) is 0 Å². The Kier molecular flexibility index (Phi) is 4.02. The summed E-state index contributed by atoms with van der Waals surface area (Å²) in [6.45, 7) is 14.0. The first kappa shape index (κ1) is 17.1. The summed E-state index contributed by atoms with van der Waals surface area (Å²) >= 11 is 0. The van der Waals surface area contributed by atoms with Crippen molar-refractivity contribution >= 4 is 11.4 Å². The van der Waals surface area contributed by atoms with Crippen LogP contribution >= 0.6 is 0 Å². The van der Waals surface area contributed by atoms with Crippen molar-refractivity contribution in [2.45, 2.75) is 65.2 Å². The Labute approximate surface area is 147 Å². The molecule has 24 heavy (non-hydrogen) atoms. The van der Waals surface area contributed by atoms with Crippen molar-refractivity contribution in [1.82, 2.24) is 0 Å². The van der Waals surface area contributed by atoms with Gasteiger partial charge in [-0.2, -0.15) is 0 Å². The number of hydrogen-bond acceptors (Lipinski definition) is 1. The van der Waals surface area contributed by atoms with Gasteiger partial charge in [-0.15, -0.1) is 0 Å². The van der Waals surface area contributed by atoms with Gasteiger partial charge in [0, 0.05) is 18.4 Å². The Morgan fingerprint density at radius 1 is 0.750 bits per heavy atom. The van der Waals surface area contributed by atoms with Gasteiger partial charge in [0.05, 0.1) is 0 Å². The monoisotopic (exact) mass is 321 g/mol. The Hall–Kier alpha value is -1.76. The van der Waals surface area contributed by atoms with Crippen LogP contribution < -0.4 is 4.90 Å². The van der Waals surface area contributed by atoms with Crippen LogP contribution in [0.2, 0.25) is 0 Å². The van der Waals surface area contributed by atoms with E-state index in [0.29, 0.717) is 0 Å². The molecule has 1 nitrogen and oxygen atoms in total. The summed E-state index contributed by atoms with van der Waals surface area (Å²) in [5.74, 6) is 0. The first-order valence-corrected chi connectivity index (χ1v) is 9.08. The molecule has 0 atom stereocenters. The molecule has 1 aliphatic carbocycles. The second kappa shape index (κ2) is 5.65. The minimum absolute atomic E-state index is 0.250. The zero-order chi connectivity index (χ0) is 17.7. The molecule has 0 saturated carbocycles. The van der Waals surface area contributed by atoms with Crippen LogP contribution in [-0.4, -0.2) is 7.05 Å². The molecule has 0 heterocycles. The highest BCUT2D eigenvalue weighted by Gasteiger charge is 2.37. The molecule has 0 bridgehead atoms. The first-order chi connectivity index (χ1) is 11.1. The zero-order valence-electron chi connectivity index (χ0n) is 16.3. The number of nitrogens with zero attached hydrogens (tertiary/aromatic N) is 1. The van der Waals surface area contributed by atoms with E-state index < -0.39 is 0 Å². The number of fused-ring (bicyclic) bond motifs is 1. The van der Waals surface area contributed by atoms with E-state index in [2.05, 4.69) is 89.9 Å². The van der Waals surface area contributed by atoms with E-state index >= 15 is 0 Å². The van der Waals surface area contributed by atoms with Gasteiger partial charge in [-0.1, -0.05) is 52.0 Å². The lowest BCUT2D eigenvalue weighted by molar-refractivity contribution is 0.332. The van der Waals surface area contributed by atoms with Gasteiger partial charge in [0.2, 0.25) is 0 Å². The summed E-state index contributed by atoms with van der Waals surface area (Å²) in [5, 5.41) is 0. The highest BCUT2D eigenvalue weighted by Crippen LogP contribution is 2.48. The van der Waals surface area contributed by atoms with Crippen LogP contribution in [0.3, 0.4) is 0 Å². The van der Waals surface area contributed by atoms with Gasteiger partial charge < -0.3 is 4.90 Å². The lowest BCUT2D eigenvalue weighted by Gasteiger charge is -2.43. The van der Waals surface area contributed by atoms with E-state index in [1.165, 1.54) is 46.5 Å². The molecule has 3 rings (SSSR count). The lowest BCUT2D eigenvalue weighted by atomic mass is 9.63. The highest BCUT2D eigenvalue weighted by atomic mass is 15.1. The molecule has 0 spiro atoms. The minimum Gasteiger partial charge on any atom is -0.344 e. The molecular weight excluding hydrogens is 290 g/mol. The van der Waals surface area contributed by atoms with Gasteiger partial charge in [-0.25, -0.2) is 0 Å². The van der Waals surface area contributed by atoms with E-state index in [4.69, 9.17) is 0 Å². The third kappa shape index (κ3) is 2.75. The molecule has 0 aromatic heterocycles. The van der Waals surface area contributed by atoms with Crippen molar-refractivity contribution in [2.24, 2.45) is 0 Å². The molecule has 0 radical (unpaired) electrons. The first-order valence-electron chi connectivity index (χ1n) is 9.08. The second-order valence-electron chi connectivity index (χ2n) is 8.80. The standard InChI is InChI=1S/C23H31N/c1-16-10-8-9-11-20(16)24(7)21-15-19-18(14-17(21)2)22(3,4)12-13-23(19,5)6/h8-11,14-15H,12-13H2,1-7H3. The third-order valence-corrected chi connectivity index (χ3v) is 6.01. The summed E-state index contributed by atoms with van der Waals surface area (Å²) in [4.78, 5) is 2.35. The minimum atomic E-state index is 0.250. The lowest BCUT2D eigenvalue weighted by Crippen LogP contribution is -2.34. The quantitative estimate of drug-likeness (QED) is 0.617. The average Bonchev–Trinajstić information content (AvgIpc) is 2.51. The maximum Gasteiger partial charge on any atom is 0.0441 e.